The van der Waals surface area contributed by atoms with E-state index >= 15 is 0 Å². The van der Waals surface area contributed by atoms with Gasteiger partial charge in [-0.1, -0.05) is 66.8 Å². The Kier molecular flexibility index (Phi) is 7.42. The van der Waals surface area contributed by atoms with Crippen molar-refractivity contribution < 1.29 is 4.79 Å². The van der Waals surface area contributed by atoms with Crippen LogP contribution in [0.4, 0.5) is 0 Å². The molecule has 0 radical (unpaired) electrons. The van der Waals surface area contributed by atoms with Crippen molar-refractivity contribution in [2.24, 2.45) is 0 Å². The fraction of sp³-hybridized carbons (Fsp3) is 0.286. The Labute approximate surface area is 179 Å². The fourth-order valence-electron chi connectivity index (χ4n) is 2.77. The van der Waals surface area contributed by atoms with Crippen molar-refractivity contribution in [2.45, 2.75) is 42.8 Å². The first kappa shape index (κ1) is 20.8. The molecule has 0 aliphatic carbocycles. The number of hydrogen-bond acceptors (Lipinski definition) is 5. The van der Waals surface area contributed by atoms with Gasteiger partial charge >= 0.3 is 0 Å². The molecule has 0 bridgehead atoms. The second kappa shape index (κ2) is 10.0. The molecule has 0 saturated heterocycles. The normalized spacial score (nSPS) is 11.9. The van der Waals surface area contributed by atoms with E-state index in [4.69, 9.17) is 12.2 Å². The van der Waals surface area contributed by atoms with Gasteiger partial charge in [0.15, 0.2) is 8.29 Å². The van der Waals surface area contributed by atoms with Gasteiger partial charge in [-0.3, -0.25) is 4.79 Å². The standard InChI is InChI=1S/C21H23N3OS3/c1-3-7-15(2)22-19(25)17-10-12-18(13-11-17)24-21(26)28-20(23-24)27-14-16-8-5-4-6-9-16/h4-6,8-13,15H,3,7,14H2,1-2H3,(H,22,25). The average molecular weight is 430 g/mol. The second-order valence-corrected chi connectivity index (χ2v) is 9.38. The van der Waals surface area contributed by atoms with Crippen molar-refractivity contribution in [3.63, 3.8) is 0 Å². The van der Waals surface area contributed by atoms with Gasteiger partial charge in [0.1, 0.15) is 0 Å². The number of amides is 1. The van der Waals surface area contributed by atoms with Crippen LogP contribution < -0.4 is 5.32 Å². The third kappa shape index (κ3) is 5.53. The summed E-state index contributed by atoms with van der Waals surface area (Å²) < 4.78 is 3.39. The first-order valence-corrected chi connectivity index (χ1v) is 11.5. The molecule has 1 aromatic heterocycles. The highest BCUT2D eigenvalue weighted by atomic mass is 32.2. The van der Waals surface area contributed by atoms with E-state index < -0.39 is 0 Å². The summed E-state index contributed by atoms with van der Waals surface area (Å²) in [6.07, 6.45) is 2.02. The summed E-state index contributed by atoms with van der Waals surface area (Å²) in [5, 5.41) is 7.66. The summed E-state index contributed by atoms with van der Waals surface area (Å²) in [5.74, 6) is 0.812. The van der Waals surface area contributed by atoms with E-state index in [1.54, 1.807) is 16.4 Å². The van der Waals surface area contributed by atoms with E-state index in [1.807, 2.05) is 49.4 Å². The predicted molar refractivity (Wildman–Crippen MR) is 120 cm³/mol. The van der Waals surface area contributed by atoms with Gasteiger partial charge in [0.05, 0.1) is 5.69 Å². The Hall–Kier alpha value is -1.96. The number of hydrogen-bond donors (Lipinski definition) is 1. The van der Waals surface area contributed by atoms with Crippen molar-refractivity contribution in [3.8, 4) is 5.69 Å². The van der Waals surface area contributed by atoms with E-state index in [2.05, 4.69) is 29.5 Å². The van der Waals surface area contributed by atoms with Gasteiger partial charge in [-0.2, -0.15) is 0 Å². The Bertz CT molecular complexity index is 965. The fourth-order valence-corrected chi connectivity index (χ4v) is 5.09. The number of carbonyl (C=O) groups excluding carboxylic acids is 1. The van der Waals surface area contributed by atoms with Crippen LogP contribution in [-0.4, -0.2) is 21.7 Å². The number of nitrogens with one attached hydrogen (secondary N) is 1. The van der Waals surface area contributed by atoms with Crippen LogP contribution in [0.3, 0.4) is 0 Å². The lowest BCUT2D eigenvalue weighted by molar-refractivity contribution is 0.0938. The van der Waals surface area contributed by atoms with Gasteiger partial charge in [0, 0.05) is 17.4 Å². The van der Waals surface area contributed by atoms with Crippen molar-refractivity contribution >= 4 is 41.2 Å². The summed E-state index contributed by atoms with van der Waals surface area (Å²) in [7, 11) is 0. The molecule has 4 nitrogen and oxygen atoms in total. The Morgan fingerprint density at radius 2 is 1.93 bits per heavy atom. The highest BCUT2D eigenvalue weighted by Gasteiger charge is 2.11. The lowest BCUT2D eigenvalue weighted by Crippen LogP contribution is -2.32. The molecular weight excluding hydrogens is 406 g/mol. The molecule has 0 saturated carbocycles. The minimum Gasteiger partial charge on any atom is -0.350 e. The van der Waals surface area contributed by atoms with Crippen LogP contribution in [0.15, 0.2) is 58.9 Å². The number of thioether (sulfide) groups is 1. The molecule has 28 heavy (non-hydrogen) atoms. The van der Waals surface area contributed by atoms with Crippen LogP contribution >= 0.6 is 35.3 Å². The second-order valence-electron chi connectivity index (χ2n) is 6.53. The van der Waals surface area contributed by atoms with Crippen LogP contribution in [0.25, 0.3) is 5.69 Å². The number of benzene rings is 2. The molecule has 1 atom stereocenters. The Morgan fingerprint density at radius 3 is 2.61 bits per heavy atom. The average Bonchev–Trinajstić information content (AvgIpc) is 3.08. The minimum atomic E-state index is -0.0477. The number of rotatable bonds is 8. The number of aromatic nitrogens is 2. The zero-order valence-electron chi connectivity index (χ0n) is 15.9. The van der Waals surface area contributed by atoms with Crippen LogP contribution in [0.1, 0.15) is 42.6 Å². The first-order chi connectivity index (χ1) is 13.6. The summed E-state index contributed by atoms with van der Waals surface area (Å²) in [6, 6.07) is 17.9. The van der Waals surface area contributed by atoms with E-state index in [9.17, 15) is 4.79 Å². The minimum absolute atomic E-state index is 0.0477. The summed E-state index contributed by atoms with van der Waals surface area (Å²) in [5.41, 5.74) is 2.77. The van der Waals surface area contributed by atoms with Gasteiger partial charge in [-0.25, -0.2) is 4.68 Å². The maximum Gasteiger partial charge on any atom is 0.251 e. The highest BCUT2D eigenvalue weighted by molar-refractivity contribution is 8.00. The van der Waals surface area contributed by atoms with Crippen LogP contribution in [0.2, 0.25) is 0 Å². The van der Waals surface area contributed by atoms with E-state index in [1.165, 1.54) is 16.9 Å². The number of carbonyl (C=O) groups is 1. The van der Waals surface area contributed by atoms with Crippen molar-refractivity contribution in [1.82, 2.24) is 15.1 Å². The number of nitrogens with zero attached hydrogens (tertiary/aromatic N) is 2. The molecule has 1 N–H and O–H groups in total. The molecule has 146 valence electrons. The van der Waals surface area contributed by atoms with Crippen molar-refractivity contribution in [2.75, 3.05) is 0 Å². The highest BCUT2D eigenvalue weighted by Crippen LogP contribution is 2.27. The lowest BCUT2D eigenvalue weighted by Gasteiger charge is -2.12. The quantitative estimate of drug-likeness (QED) is 0.359. The van der Waals surface area contributed by atoms with Crippen LogP contribution in [-0.2, 0) is 5.75 Å². The molecule has 3 aromatic rings. The monoisotopic (exact) mass is 429 g/mol. The molecule has 1 amide bonds. The molecular formula is C21H23N3OS3. The SMILES string of the molecule is CCCC(C)NC(=O)c1ccc(-n2nc(SCc3ccccc3)sc2=S)cc1. The zero-order valence-corrected chi connectivity index (χ0v) is 18.4. The molecule has 1 heterocycles. The first-order valence-electron chi connectivity index (χ1n) is 9.25. The Balaban J connectivity index is 1.67. The summed E-state index contributed by atoms with van der Waals surface area (Å²) in [6.45, 7) is 4.14. The summed E-state index contributed by atoms with van der Waals surface area (Å²) >= 11 is 8.66. The molecule has 0 aliphatic heterocycles. The largest absolute Gasteiger partial charge is 0.350 e. The molecule has 7 heteroatoms. The molecule has 2 aromatic carbocycles. The zero-order chi connectivity index (χ0) is 19.9. The summed E-state index contributed by atoms with van der Waals surface area (Å²) in [4.78, 5) is 12.3. The van der Waals surface area contributed by atoms with Gasteiger partial charge in [-0.15, -0.1) is 5.10 Å². The smallest absolute Gasteiger partial charge is 0.251 e. The van der Waals surface area contributed by atoms with Crippen LogP contribution in [0, 0.1) is 3.95 Å². The van der Waals surface area contributed by atoms with Gasteiger partial charge in [-0.05, 0) is 55.4 Å². The maximum absolute atomic E-state index is 12.3. The topological polar surface area (TPSA) is 46.9 Å². The van der Waals surface area contributed by atoms with E-state index in [-0.39, 0.29) is 11.9 Å². The predicted octanol–water partition coefficient (Wildman–Crippen LogP) is 5.87. The molecule has 1 unspecified atom stereocenters. The van der Waals surface area contributed by atoms with Crippen LogP contribution in [0.5, 0.6) is 0 Å². The third-order valence-corrected chi connectivity index (χ3v) is 6.64. The van der Waals surface area contributed by atoms with E-state index in [0.29, 0.717) is 9.52 Å². The Morgan fingerprint density at radius 1 is 1.21 bits per heavy atom. The van der Waals surface area contributed by atoms with Gasteiger partial charge in [0.2, 0.25) is 0 Å². The molecule has 0 aliphatic rings. The lowest BCUT2D eigenvalue weighted by atomic mass is 10.1. The van der Waals surface area contributed by atoms with Gasteiger partial charge < -0.3 is 5.32 Å². The van der Waals surface area contributed by atoms with Crippen molar-refractivity contribution in [3.05, 3.63) is 69.7 Å². The third-order valence-electron chi connectivity index (χ3n) is 4.21. The van der Waals surface area contributed by atoms with E-state index in [0.717, 1.165) is 28.6 Å². The molecule has 0 fully saturated rings. The van der Waals surface area contributed by atoms with Gasteiger partial charge in [0.25, 0.3) is 5.91 Å². The van der Waals surface area contributed by atoms with Crippen molar-refractivity contribution in [1.29, 1.82) is 0 Å². The molecule has 0 spiro atoms. The molecule has 3 rings (SSSR count). The maximum atomic E-state index is 12.3.